The first-order valence-corrected chi connectivity index (χ1v) is 3.84. The molecule has 74 valence electrons. The highest BCUT2D eigenvalue weighted by Crippen LogP contribution is 2.20. The average Bonchev–Trinajstić information content (AvgIpc) is 2.26. The summed E-state index contributed by atoms with van der Waals surface area (Å²) in [5, 5.41) is 0. The molecule has 0 fully saturated rings. The Morgan fingerprint density at radius 2 is 2.21 bits per heavy atom. The van der Waals surface area contributed by atoms with E-state index in [0.717, 1.165) is 0 Å². The Balaban J connectivity index is 3.28. The summed E-state index contributed by atoms with van der Waals surface area (Å²) in [5.41, 5.74) is 0.558. The number of hydrogen-bond donors (Lipinski definition) is 0. The van der Waals surface area contributed by atoms with E-state index in [2.05, 4.69) is 21.3 Å². The molecule has 1 heterocycles. The molecule has 1 rings (SSSR count). The van der Waals surface area contributed by atoms with Gasteiger partial charge in [-0.25, -0.2) is 14.8 Å². The Morgan fingerprint density at radius 1 is 1.50 bits per heavy atom. The van der Waals surface area contributed by atoms with E-state index >= 15 is 0 Å². The maximum absolute atomic E-state index is 11.2. The van der Waals surface area contributed by atoms with E-state index in [4.69, 9.17) is 4.74 Å². The second-order valence-electron chi connectivity index (χ2n) is 2.34. The third kappa shape index (κ3) is 1.71. The largest absolute Gasteiger partial charge is 0.492 e. The molecular weight excluding hydrogens is 184 g/mol. The van der Waals surface area contributed by atoms with Gasteiger partial charge in [-0.1, -0.05) is 6.58 Å². The van der Waals surface area contributed by atoms with Crippen LogP contribution in [0.1, 0.15) is 16.2 Å². The van der Waals surface area contributed by atoms with Crippen molar-refractivity contribution in [2.45, 2.75) is 0 Å². The summed E-state index contributed by atoms with van der Waals surface area (Å²) in [4.78, 5) is 18.9. The molecule has 14 heavy (non-hydrogen) atoms. The van der Waals surface area contributed by atoms with Crippen molar-refractivity contribution in [3.05, 3.63) is 24.3 Å². The van der Waals surface area contributed by atoms with Crippen LogP contribution in [0.25, 0.3) is 6.08 Å². The van der Waals surface area contributed by atoms with E-state index < -0.39 is 5.97 Å². The summed E-state index contributed by atoms with van der Waals surface area (Å²) in [6.45, 7) is 3.54. The fourth-order valence-electron chi connectivity index (χ4n) is 0.976. The molecule has 1 aromatic heterocycles. The van der Waals surface area contributed by atoms with Crippen molar-refractivity contribution >= 4 is 12.0 Å². The first kappa shape index (κ1) is 10.2. The first-order valence-electron chi connectivity index (χ1n) is 3.84. The van der Waals surface area contributed by atoms with Gasteiger partial charge in [0, 0.05) is 0 Å². The maximum Gasteiger partial charge on any atom is 0.360 e. The van der Waals surface area contributed by atoms with Crippen LogP contribution in [0.3, 0.4) is 0 Å². The number of carbonyl (C=O) groups is 1. The molecule has 0 N–H and O–H groups in total. The van der Waals surface area contributed by atoms with Gasteiger partial charge in [-0.15, -0.1) is 0 Å². The normalized spacial score (nSPS) is 9.29. The second kappa shape index (κ2) is 4.36. The van der Waals surface area contributed by atoms with Crippen molar-refractivity contribution in [2.24, 2.45) is 0 Å². The first-order chi connectivity index (χ1) is 6.74. The summed E-state index contributed by atoms with van der Waals surface area (Å²) in [5.74, 6) is -0.290. The molecule has 0 spiro atoms. The van der Waals surface area contributed by atoms with Crippen LogP contribution in [-0.2, 0) is 4.74 Å². The zero-order valence-electron chi connectivity index (χ0n) is 7.98. The highest BCUT2D eigenvalue weighted by molar-refractivity contribution is 5.91. The van der Waals surface area contributed by atoms with Gasteiger partial charge in [0.25, 0.3) is 0 Å². The number of aromatic nitrogens is 2. The molecule has 0 unspecified atom stereocenters. The number of esters is 1. The summed E-state index contributed by atoms with van der Waals surface area (Å²) in [6.07, 6.45) is 2.73. The molecule has 0 saturated heterocycles. The minimum atomic E-state index is -0.563. The molecule has 0 saturated carbocycles. The van der Waals surface area contributed by atoms with Crippen LogP contribution >= 0.6 is 0 Å². The Hall–Kier alpha value is -1.91. The number of ether oxygens (including phenoxy) is 2. The van der Waals surface area contributed by atoms with Crippen molar-refractivity contribution in [2.75, 3.05) is 14.2 Å². The van der Waals surface area contributed by atoms with Crippen LogP contribution in [0.5, 0.6) is 5.75 Å². The summed E-state index contributed by atoms with van der Waals surface area (Å²) < 4.78 is 9.53. The van der Waals surface area contributed by atoms with Crippen molar-refractivity contribution < 1.29 is 14.3 Å². The molecule has 0 amide bonds. The van der Waals surface area contributed by atoms with Crippen molar-refractivity contribution in [3.8, 4) is 5.75 Å². The van der Waals surface area contributed by atoms with E-state index in [9.17, 15) is 4.79 Å². The standard InChI is InChI=1S/C9H10N2O3/c1-4-6-8(13-2)7(9(12)14-3)11-5-10-6/h4-5H,1H2,2-3H3. The van der Waals surface area contributed by atoms with Crippen LogP contribution in [-0.4, -0.2) is 30.2 Å². The van der Waals surface area contributed by atoms with Gasteiger partial charge in [0.2, 0.25) is 0 Å². The molecule has 0 bridgehead atoms. The lowest BCUT2D eigenvalue weighted by atomic mass is 10.3. The lowest BCUT2D eigenvalue weighted by Crippen LogP contribution is -2.08. The third-order valence-corrected chi connectivity index (χ3v) is 1.61. The molecule has 0 radical (unpaired) electrons. The predicted octanol–water partition coefficient (Wildman–Crippen LogP) is 0.915. The number of carbonyl (C=O) groups excluding carboxylic acids is 1. The third-order valence-electron chi connectivity index (χ3n) is 1.61. The molecule has 1 aromatic rings. The van der Waals surface area contributed by atoms with Gasteiger partial charge in [-0.2, -0.15) is 0 Å². The summed E-state index contributed by atoms with van der Waals surface area (Å²) in [7, 11) is 2.70. The predicted molar refractivity (Wildman–Crippen MR) is 50.0 cm³/mol. The smallest absolute Gasteiger partial charge is 0.360 e. The van der Waals surface area contributed by atoms with Crippen LogP contribution in [0.4, 0.5) is 0 Å². The fraction of sp³-hybridized carbons (Fsp3) is 0.222. The van der Waals surface area contributed by atoms with Gasteiger partial charge >= 0.3 is 5.97 Å². The van der Waals surface area contributed by atoms with Gasteiger partial charge in [-0.3, -0.25) is 0 Å². The highest BCUT2D eigenvalue weighted by atomic mass is 16.5. The lowest BCUT2D eigenvalue weighted by molar-refractivity contribution is 0.0589. The molecule has 5 nitrogen and oxygen atoms in total. The average molecular weight is 194 g/mol. The zero-order valence-corrected chi connectivity index (χ0v) is 7.98. The number of hydrogen-bond acceptors (Lipinski definition) is 5. The van der Waals surface area contributed by atoms with Crippen molar-refractivity contribution in [3.63, 3.8) is 0 Å². The number of methoxy groups -OCH3 is 2. The fourth-order valence-corrected chi connectivity index (χ4v) is 0.976. The van der Waals surface area contributed by atoms with Crippen LogP contribution in [0.15, 0.2) is 12.9 Å². The van der Waals surface area contributed by atoms with Gasteiger partial charge in [0.05, 0.1) is 14.2 Å². The lowest BCUT2D eigenvalue weighted by Gasteiger charge is -2.06. The van der Waals surface area contributed by atoms with Crippen molar-refractivity contribution in [1.82, 2.24) is 9.97 Å². The minimum Gasteiger partial charge on any atom is -0.492 e. The number of nitrogens with zero attached hydrogens (tertiary/aromatic N) is 2. The Kier molecular flexibility index (Phi) is 3.17. The SMILES string of the molecule is C=Cc1ncnc(C(=O)OC)c1OC. The summed E-state index contributed by atoms with van der Waals surface area (Å²) >= 11 is 0. The van der Waals surface area contributed by atoms with Gasteiger partial charge in [0.15, 0.2) is 11.4 Å². The Labute approximate surface area is 81.4 Å². The molecular formula is C9H10N2O3. The second-order valence-corrected chi connectivity index (χ2v) is 2.34. The van der Waals surface area contributed by atoms with E-state index in [1.165, 1.54) is 26.6 Å². The number of rotatable bonds is 3. The molecule has 0 aromatic carbocycles. The molecule has 0 aliphatic heterocycles. The quantitative estimate of drug-likeness (QED) is 0.669. The molecule has 0 atom stereocenters. The van der Waals surface area contributed by atoms with Crippen LogP contribution in [0, 0.1) is 0 Å². The zero-order chi connectivity index (χ0) is 10.6. The van der Waals surface area contributed by atoms with Gasteiger partial charge in [-0.05, 0) is 6.08 Å². The molecule has 5 heteroatoms. The molecule has 0 aliphatic rings. The van der Waals surface area contributed by atoms with Crippen molar-refractivity contribution in [1.29, 1.82) is 0 Å². The topological polar surface area (TPSA) is 61.3 Å². The Bertz CT molecular complexity index is 363. The van der Waals surface area contributed by atoms with Gasteiger partial charge in [0.1, 0.15) is 12.0 Å². The minimum absolute atomic E-state index is 0.0971. The van der Waals surface area contributed by atoms with E-state index in [0.29, 0.717) is 5.69 Å². The van der Waals surface area contributed by atoms with Gasteiger partial charge < -0.3 is 9.47 Å². The van der Waals surface area contributed by atoms with E-state index in [-0.39, 0.29) is 11.4 Å². The van der Waals surface area contributed by atoms with Crippen LogP contribution < -0.4 is 4.74 Å². The van der Waals surface area contributed by atoms with E-state index in [1.807, 2.05) is 0 Å². The van der Waals surface area contributed by atoms with Crippen LogP contribution in [0.2, 0.25) is 0 Å². The molecule has 0 aliphatic carbocycles. The monoisotopic (exact) mass is 194 g/mol. The maximum atomic E-state index is 11.2. The summed E-state index contributed by atoms with van der Waals surface area (Å²) in [6, 6.07) is 0. The van der Waals surface area contributed by atoms with E-state index in [1.54, 1.807) is 0 Å². The Morgan fingerprint density at radius 3 is 2.71 bits per heavy atom. The highest BCUT2D eigenvalue weighted by Gasteiger charge is 2.17.